The molecule has 124 valence electrons. The number of benzene rings is 1. The van der Waals surface area contributed by atoms with Crippen molar-refractivity contribution in [1.82, 2.24) is 10.4 Å². The lowest BCUT2D eigenvalue weighted by molar-refractivity contribution is -0.114. The number of nitrogens with zero attached hydrogens (tertiary/aromatic N) is 2. The van der Waals surface area contributed by atoms with Crippen LogP contribution in [0.5, 0.6) is 5.75 Å². The molecule has 0 spiro atoms. The molecule has 0 radical (unpaired) electrons. The Morgan fingerprint density at radius 2 is 1.83 bits per heavy atom. The van der Waals surface area contributed by atoms with Gasteiger partial charge in [0.25, 0.3) is 5.91 Å². The lowest BCUT2D eigenvalue weighted by atomic mass is 10.3. The molecule has 0 aliphatic rings. The Kier molecular flexibility index (Phi) is 5.84. The second kappa shape index (κ2) is 8.28. The molecule has 2 aromatic rings. The number of aromatic nitrogens is 1. The molecule has 0 unspecified atom stereocenters. The summed E-state index contributed by atoms with van der Waals surface area (Å²) in [5.41, 5.74) is 9.11. The van der Waals surface area contributed by atoms with Crippen molar-refractivity contribution >= 4 is 23.3 Å². The van der Waals surface area contributed by atoms with E-state index in [1.54, 1.807) is 36.4 Å². The number of amides is 2. The van der Waals surface area contributed by atoms with Crippen LogP contribution < -0.4 is 21.2 Å². The van der Waals surface area contributed by atoms with Gasteiger partial charge in [-0.15, -0.1) is 0 Å². The van der Waals surface area contributed by atoms with Crippen molar-refractivity contribution in [2.75, 3.05) is 11.9 Å². The minimum absolute atomic E-state index is 0.0100. The predicted octanol–water partition coefficient (Wildman–Crippen LogP) is 1.12. The second-order valence-corrected chi connectivity index (χ2v) is 4.77. The normalized spacial score (nSPS) is 10.8. The van der Waals surface area contributed by atoms with Crippen molar-refractivity contribution < 1.29 is 14.3 Å². The number of carbonyl (C=O) groups excluding carboxylic acids is 2. The zero-order valence-electron chi connectivity index (χ0n) is 13.0. The van der Waals surface area contributed by atoms with E-state index in [4.69, 9.17) is 10.5 Å². The molecule has 8 heteroatoms. The molecule has 0 aliphatic carbocycles. The summed E-state index contributed by atoms with van der Waals surface area (Å²) in [7, 11) is 0. The molecule has 0 saturated carbocycles. The molecule has 0 atom stereocenters. The summed E-state index contributed by atoms with van der Waals surface area (Å²) >= 11 is 0. The summed E-state index contributed by atoms with van der Waals surface area (Å²) in [5.74, 6) is 0.135. The number of hydrazone groups is 1. The highest BCUT2D eigenvalue weighted by Gasteiger charge is 2.04. The maximum Gasteiger partial charge on any atom is 0.271 e. The third kappa shape index (κ3) is 5.41. The smallest absolute Gasteiger partial charge is 0.271 e. The number of rotatable bonds is 6. The molecular formula is C16H17N5O3. The van der Waals surface area contributed by atoms with E-state index in [-0.39, 0.29) is 24.3 Å². The Hall–Kier alpha value is -3.42. The van der Waals surface area contributed by atoms with Crippen molar-refractivity contribution in [2.24, 2.45) is 10.8 Å². The van der Waals surface area contributed by atoms with E-state index in [2.05, 4.69) is 20.8 Å². The molecule has 0 aliphatic heterocycles. The first kappa shape index (κ1) is 16.9. The maximum absolute atomic E-state index is 11.8. The van der Waals surface area contributed by atoms with Crippen LogP contribution in [0, 0.1) is 0 Å². The topological polar surface area (TPSA) is 119 Å². The van der Waals surface area contributed by atoms with Crippen molar-refractivity contribution in [2.45, 2.75) is 6.92 Å². The van der Waals surface area contributed by atoms with Crippen LogP contribution >= 0.6 is 0 Å². The van der Waals surface area contributed by atoms with Crippen LogP contribution in [0.3, 0.4) is 0 Å². The number of pyridine rings is 1. The van der Waals surface area contributed by atoms with Gasteiger partial charge in [0, 0.05) is 30.6 Å². The molecule has 2 amide bonds. The van der Waals surface area contributed by atoms with Gasteiger partial charge >= 0.3 is 0 Å². The zero-order chi connectivity index (χ0) is 17.4. The number of nitrogens with one attached hydrogen (secondary N) is 2. The highest BCUT2D eigenvalue weighted by Crippen LogP contribution is 2.15. The van der Waals surface area contributed by atoms with Crippen LogP contribution in [-0.4, -0.2) is 29.2 Å². The molecular weight excluding hydrogens is 310 g/mol. The van der Waals surface area contributed by atoms with Crippen LogP contribution in [0.2, 0.25) is 0 Å². The van der Waals surface area contributed by atoms with Gasteiger partial charge in [-0.1, -0.05) is 0 Å². The lowest BCUT2D eigenvalue weighted by Gasteiger charge is -2.07. The summed E-state index contributed by atoms with van der Waals surface area (Å²) < 4.78 is 5.44. The van der Waals surface area contributed by atoms with E-state index in [1.807, 2.05) is 0 Å². The number of ether oxygens (including phenoxy) is 1. The van der Waals surface area contributed by atoms with E-state index >= 15 is 0 Å². The van der Waals surface area contributed by atoms with Gasteiger partial charge in [0.1, 0.15) is 12.4 Å². The third-order valence-electron chi connectivity index (χ3n) is 2.80. The SMILES string of the molecule is CC(=O)Nc1ccc(OC/C(N)=N\NC(=O)c2ccncc2)cc1. The molecule has 24 heavy (non-hydrogen) atoms. The Labute approximate surface area is 138 Å². The largest absolute Gasteiger partial charge is 0.486 e. The van der Waals surface area contributed by atoms with Crippen LogP contribution in [0.25, 0.3) is 0 Å². The van der Waals surface area contributed by atoms with E-state index < -0.39 is 0 Å². The number of amidine groups is 1. The number of anilines is 1. The van der Waals surface area contributed by atoms with Gasteiger partial charge in [0.05, 0.1) is 0 Å². The van der Waals surface area contributed by atoms with Crippen LogP contribution in [-0.2, 0) is 4.79 Å². The first-order chi connectivity index (χ1) is 11.5. The average Bonchev–Trinajstić information content (AvgIpc) is 2.59. The third-order valence-corrected chi connectivity index (χ3v) is 2.80. The monoisotopic (exact) mass is 327 g/mol. The van der Waals surface area contributed by atoms with Crippen molar-refractivity contribution in [3.05, 3.63) is 54.4 Å². The van der Waals surface area contributed by atoms with Crippen LogP contribution in [0.15, 0.2) is 53.9 Å². The number of nitrogens with two attached hydrogens (primary N) is 1. The van der Waals surface area contributed by atoms with Crippen molar-refractivity contribution in [1.29, 1.82) is 0 Å². The average molecular weight is 327 g/mol. The Morgan fingerprint density at radius 1 is 1.17 bits per heavy atom. The molecule has 0 bridgehead atoms. The van der Waals surface area contributed by atoms with Crippen LogP contribution in [0.4, 0.5) is 5.69 Å². The van der Waals surface area contributed by atoms with Crippen molar-refractivity contribution in [3.63, 3.8) is 0 Å². The van der Waals surface area contributed by atoms with Crippen LogP contribution in [0.1, 0.15) is 17.3 Å². The quantitative estimate of drug-likeness (QED) is 0.417. The first-order valence-corrected chi connectivity index (χ1v) is 7.07. The van der Waals surface area contributed by atoms with Gasteiger partial charge in [-0.3, -0.25) is 14.6 Å². The molecule has 1 aromatic carbocycles. The molecule has 2 rings (SSSR count). The molecule has 1 heterocycles. The van der Waals surface area contributed by atoms with Gasteiger partial charge in [-0.2, -0.15) is 5.10 Å². The Balaban J connectivity index is 1.82. The Morgan fingerprint density at radius 3 is 2.46 bits per heavy atom. The maximum atomic E-state index is 11.8. The van der Waals surface area contributed by atoms with Gasteiger partial charge in [0.15, 0.2) is 5.84 Å². The molecule has 0 saturated heterocycles. The van der Waals surface area contributed by atoms with Gasteiger partial charge < -0.3 is 15.8 Å². The fourth-order valence-corrected chi connectivity index (χ4v) is 1.72. The number of hydrogen-bond acceptors (Lipinski definition) is 5. The minimum Gasteiger partial charge on any atom is -0.486 e. The molecule has 8 nitrogen and oxygen atoms in total. The van der Waals surface area contributed by atoms with Crippen molar-refractivity contribution in [3.8, 4) is 5.75 Å². The standard InChI is InChI=1S/C16H17N5O3/c1-11(22)19-13-2-4-14(5-3-13)24-10-15(17)20-21-16(23)12-6-8-18-9-7-12/h2-9H,10H2,1H3,(H2,17,20)(H,19,22)(H,21,23). The number of hydrogen-bond donors (Lipinski definition) is 3. The fourth-order valence-electron chi connectivity index (χ4n) is 1.72. The first-order valence-electron chi connectivity index (χ1n) is 7.07. The molecule has 1 aromatic heterocycles. The predicted molar refractivity (Wildman–Crippen MR) is 89.6 cm³/mol. The molecule has 0 fully saturated rings. The Bertz CT molecular complexity index is 729. The highest BCUT2D eigenvalue weighted by atomic mass is 16.5. The zero-order valence-corrected chi connectivity index (χ0v) is 13.0. The lowest BCUT2D eigenvalue weighted by Crippen LogP contribution is -2.27. The second-order valence-electron chi connectivity index (χ2n) is 4.77. The van der Waals surface area contributed by atoms with E-state index in [9.17, 15) is 9.59 Å². The summed E-state index contributed by atoms with van der Waals surface area (Å²) in [4.78, 5) is 26.5. The summed E-state index contributed by atoms with van der Waals surface area (Å²) in [6.45, 7) is 1.44. The number of carbonyl (C=O) groups is 2. The highest BCUT2D eigenvalue weighted by molar-refractivity contribution is 5.95. The van der Waals surface area contributed by atoms with E-state index in [0.29, 0.717) is 17.0 Å². The summed E-state index contributed by atoms with van der Waals surface area (Å²) in [5, 5.41) is 6.42. The van der Waals surface area contributed by atoms with E-state index in [0.717, 1.165) is 0 Å². The van der Waals surface area contributed by atoms with E-state index in [1.165, 1.54) is 19.3 Å². The minimum atomic E-state index is -0.389. The fraction of sp³-hybridized carbons (Fsp3) is 0.125. The summed E-state index contributed by atoms with van der Waals surface area (Å²) in [6, 6.07) is 9.91. The van der Waals surface area contributed by atoms with Gasteiger partial charge in [-0.05, 0) is 36.4 Å². The van der Waals surface area contributed by atoms with Gasteiger partial charge in [-0.25, -0.2) is 5.43 Å². The van der Waals surface area contributed by atoms with Gasteiger partial charge in [0.2, 0.25) is 5.91 Å². The summed E-state index contributed by atoms with van der Waals surface area (Å²) in [6.07, 6.45) is 3.02. The molecule has 4 N–H and O–H groups in total.